The maximum Gasteiger partial charge on any atom is 0.251 e. The molecule has 0 unspecified atom stereocenters. The van der Waals surface area contributed by atoms with Gasteiger partial charge in [0.2, 0.25) is 0 Å². The van der Waals surface area contributed by atoms with Gasteiger partial charge >= 0.3 is 0 Å². The number of aromatic nitrogens is 1. The van der Waals surface area contributed by atoms with E-state index in [2.05, 4.69) is 22.5 Å². The lowest BCUT2D eigenvalue weighted by atomic mass is 10.0. The minimum Gasteiger partial charge on any atom is -0.367 e. The molecule has 0 atom stereocenters. The third-order valence-corrected chi connectivity index (χ3v) is 3.28. The van der Waals surface area contributed by atoms with Crippen LogP contribution in [0.2, 0.25) is 0 Å². The summed E-state index contributed by atoms with van der Waals surface area (Å²) in [4.78, 5) is 26.9. The maximum absolute atomic E-state index is 12.1. The molecule has 0 aliphatic rings. The van der Waals surface area contributed by atoms with Gasteiger partial charge in [-0.15, -0.1) is 0 Å². The molecule has 2 rings (SSSR count). The Morgan fingerprint density at radius 3 is 2.32 bits per heavy atom. The van der Waals surface area contributed by atoms with E-state index in [9.17, 15) is 9.59 Å². The Kier molecular flexibility index (Phi) is 5.91. The Hall–Kier alpha value is -2.40. The van der Waals surface area contributed by atoms with Crippen molar-refractivity contribution in [2.24, 2.45) is 0 Å². The SMILES string of the molecule is CCCNCCNC(=O)c1ccc(C(=O)c2cc[nH]c2)cc1. The highest BCUT2D eigenvalue weighted by molar-refractivity contribution is 6.09. The van der Waals surface area contributed by atoms with E-state index in [-0.39, 0.29) is 11.7 Å². The molecular weight excluding hydrogens is 278 g/mol. The molecule has 22 heavy (non-hydrogen) atoms. The van der Waals surface area contributed by atoms with Crippen LogP contribution in [-0.2, 0) is 0 Å². The van der Waals surface area contributed by atoms with Gasteiger partial charge in [-0.2, -0.15) is 0 Å². The molecule has 0 fully saturated rings. The van der Waals surface area contributed by atoms with Crippen LogP contribution in [0.4, 0.5) is 0 Å². The van der Waals surface area contributed by atoms with Crippen molar-refractivity contribution in [2.45, 2.75) is 13.3 Å². The fraction of sp³-hybridized carbons (Fsp3) is 0.294. The molecule has 1 aromatic heterocycles. The van der Waals surface area contributed by atoms with Crippen molar-refractivity contribution < 1.29 is 9.59 Å². The number of H-pyrrole nitrogens is 1. The number of carbonyl (C=O) groups excluding carboxylic acids is 2. The van der Waals surface area contributed by atoms with Crippen LogP contribution >= 0.6 is 0 Å². The summed E-state index contributed by atoms with van der Waals surface area (Å²) >= 11 is 0. The summed E-state index contributed by atoms with van der Waals surface area (Å²) in [7, 11) is 0. The van der Waals surface area contributed by atoms with Crippen LogP contribution in [0, 0.1) is 0 Å². The van der Waals surface area contributed by atoms with Gasteiger partial charge in [-0.3, -0.25) is 9.59 Å². The molecule has 5 heteroatoms. The molecule has 1 heterocycles. The Morgan fingerprint density at radius 1 is 0.955 bits per heavy atom. The predicted molar refractivity (Wildman–Crippen MR) is 86.2 cm³/mol. The number of ketones is 1. The lowest BCUT2D eigenvalue weighted by Gasteiger charge is -2.06. The van der Waals surface area contributed by atoms with Crippen molar-refractivity contribution in [3.63, 3.8) is 0 Å². The van der Waals surface area contributed by atoms with E-state index < -0.39 is 0 Å². The second-order valence-corrected chi connectivity index (χ2v) is 5.01. The molecule has 0 bridgehead atoms. The van der Waals surface area contributed by atoms with Crippen molar-refractivity contribution in [2.75, 3.05) is 19.6 Å². The smallest absolute Gasteiger partial charge is 0.251 e. The zero-order chi connectivity index (χ0) is 15.8. The number of nitrogens with one attached hydrogen (secondary N) is 3. The van der Waals surface area contributed by atoms with E-state index in [1.165, 1.54) is 0 Å². The standard InChI is InChI=1S/C17H21N3O2/c1-2-8-18-10-11-20-17(22)14-5-3-13(4-6-14)16(21)15-7-9-19-12-15/h3-7,9,12,18-19H,2,8,10-11H2,1H3,(H,20,22). The molecule has 1 aromatic carbocycles. The van der Waals surface area contributed by atoms with Gasteiger partial charge in [0.05, 0.1) is 0 Å². The third kappa shape index (κ3) is 4.30. The molecule has 116 valence electrons. The van der Waals surface area contributed by atoms with Crippen molar-refractivity contribution in [1.29, 1.82) is 0 Å². The molecule has 0 aliphatic carbocycles. The highest BCUT2D eigenvalue weighted by atomic mass is 16.1. The number of amides is 1. The quantitative estimate of drug-likeness (QED) is 0.515. The van der Waals surface area contributed by atoms with E-state index in [1.807, 2.05) is 0 Å². The Morgan fingerprint density at radius 2 is 1.68 bits per heavy atom. The van der Waals surface area contributed by atoms with Crippen molar-refractivity contribution >= 4 is 11.7 Å². The average molecular weight is 299 g/mol. The lowest BCUT2D eigenvalue weighted by molar-refractivity contribution is 0.0952. The second kappa shape index (κ2) is 8.14. The monoisotopic (exact) mass is 299 g/mol. The van der Waals surface area contributed by atoms with E-state index >= 15 is 0 Å². The molecule has 2 aromatic rings. The fourth-order valence-corrected chi connectivity index (χ4v) is 2.07. The summed E-state index contributed by atoms with van der Waals surface area (Å²) in [6, 6.07) is 8.44. The summed E-state index contributed by atoms with van der Waals surface area (Å²) in [5, 5.41) is 6.06. The molecule has 5 nitrogen and oxygen atoms in total. The van der Waals surface area contributed by atoms with Gasteiger partial charge < -0.3 is 15.6 Å². The maximum atomic E-state index is 12.1. The van der Waals surface area contributed by atoms with E-state index in [0.29, 0.717) is 23.2 Å². The van der Waals surface area contributed by atoms with Crippen molar-refractivity contribution in [3.05, 3.63) is 59.4 Å². The highest BCUT2D eigenvalue weighted by Crippen LogP contribution is 2.10. The van der Waals surface area contributed by atoms with Crippen LogP contribution in [0.25, 0.3) is 0 Å². The van der Waals surface area contributed by atoms with Gasteiger partial charge in [-0.25, -0.2) is 0 Å². The summed E-state index contributed by atoms with van der Waals surface area (Å²) in [5.41, 5.74) is 1.74. The first-order valence-corrected chi connectivity index (χ1v) is 7.49. The summed E-state index contributed by atoms with van der Waals surface area (Å²) < 4.78 is 0. The Bertz CT molecular complexity index is 603. The topological polar surface area (TPSA) is 74.0 Å². The first kappa shape index (κ1) is 16.0. The number of aromatic amines is 1. The zero-order valence-corrected chi connectivity index (χ0v) is 12.7. The van der Waals surface area contributed by atoms with Crippen molar-refractivity contribution in [3.8, 4) is 0 Å². The van der Waals surface area contributed by atoms with Gasteiger partial charge in [-0.1, -0.05) is 19.1 Å². The predicted octanol–water partition coefficient (Wildman–Crippen LogP) is 1.98. The van der Waals surface area contributed by atoms with Crippen LogP contribution in [0.15, 0.2) is 42.7 Å². The molecule has 0 saturated carbocycles. The van der Waals surface area contributed by atoms with Gasteiger partial charge in [0, 0.05) is 42.2 Å². The molecule has 0 spiro atoms. The first-order chi connectivity index (χ1) is 10.7. The van der Waals surface area contributed by atoms with Crippen LogP contribution in [0.3, 0.4) is 0 Å². The van der Waals surface area contributed by atoms with Crippen LogP contribution in [-0.4, -0.2) is 36.3 Å². The van der Waals surface area contributed by atoms with Crippen LogP contribution in [0.5, 0.6) is 0 Å². The average Bonchev–Trinajstić information content (AvgIpc) is 3.08. The molecule has 0 aliphatic heterocycles. The minimum atomic E-state index is -0.126. The summed E-state index contributed by atoms with van der Waals surface area (Å²) in [5.74, 6) is -0.184. The Labute approximate surface area is 130 Å². The normalized spacial score (nSPS) is 10.4. The number of benzene rings is 1. The molecule has 0 saturated heterocycles. The van der Waals surface area contributed by atoms with Gasteiger partial charge in [-0.05, 0) is 31.2 Å². The van der Waals surface area contributed by atoms with Crippen molar-refractivity contribution in [1.82, 2.24) is 15.6 Å². The third-order valence-electron chi connectivity index (χ3n) is 3.28. The van der Waals surface area contributed by atoms with E-state index in [0.717, 1.165) is 19.5 Å². The number of carbonyl (C=O) groups is 2. The first-order valence-electron chi connectivity index (χ1n) is 7.49. The number of hydrogen-bond donors (Lipinski definition) is 3. The number of hydrogen-bond acceptors (Lipinski definition) is 3. The molecule has 0 radical (unpaired) electrons. The van der Waals surface area contributed by atoms with Crippen LogP contribution in [0.1, 0.15) is 39.6 Å². The van der Waals surface area contributed by atoms with Gasteiger partial charge in [0.25, 0.3) is 5.91 Å². The molecular formula is C17H21N3O2. The second-order valence-electron chi connectivity index (χ2n) is 5.01. The fourth-order valence-electron chi connectivity index (χ4n) is 2.07. The zero-order valence-electron chi connectivity index (χ0n) is 12.7. The van der Waals surface area contributed by atoms with Crippen LogP contribution < -0.4 is 10.6 Å². The lowest BCUT2D eigenvalue weighted by Crippen LogP contribution is -2.32. The Balaban J connectivity index is 1.88. The van der Waals surface area contributed by atoms with Gasteiger partial charge in [0.15, 0.2) is 5.78 Å². The molecule has 1 amide bonds. The molecule has 3 N–H and O–H groups in total. The van der Waals surface area contributed by atoms with Gasteiger partial charge in [0.1, 0.15) is 0 Å². The van der Waals surface area contributed by atoms with E-state index in [1.54, 1.807) is 42.7 Å². The number of rotatable bonds is 8. The highest BCUT2D eigenvalue weighted by Gasteiger charge is 2.10. The largest absolute Gasteiger partial charge is 0.367 e. The summed E-state index contributed by atoms with van der Waals surface area (Å²) in [6.45, 7) is 4.39. The van der Waals surface area contributed by atoms with E-state index in [4.69, 9.17) is 0 Å². The minimum absolute atomic E-state index is 0.0584. The summed E-state index contributed by atoms with van der Waals surface area (Å²) in [6.07, 6.45) is 4.44.